The zero-order valence-corrected chi connectivity index (χ0v) is 20.9. The second-order valence-corrected chi connectivity index (χ2v) is 7.66. The monoisotopic (exact) mass is 552 g/mol. The van der Waals surface area contributed by atoms with Gasteiger partial charge in [0.1, 0.15) is 0 Å². The minimum atomic E-state index is -0.0732. The maximum absolute atomic E-state index is 11.8. The number of thiazole rings is 1. The van der Waals surface area contributed by atoms with Crippen LogP contribution in [0.2, 0.25) is 0 Å². The van der Waals surface area contributed by atoms with Crippen LogP contribution in [0.5, 0.6) is 0 Å². The summed E-state index contributed by atoms with van der Waals surface area (Å²) in [5.74, 6) is 0.710. The molecule has 1 aromatic heterocycles. The number of anilines is 1. The fraction of sp³-hybridized carbons (Fsp3) is 0.318. The van der Waals surface area contributed by atoms with Crippen LogP contribution in [0.1, 0.15) is 22.8 Å². The number of aromatic nitrogens is 1. The maximum atomic E-state index is 11.8. The number of nitrogens with one attached hydrogen (secondary N) is 4. The molecule has 2 aromatic carbocycles. The fourth-order valence-corrected chi connectivity index (χ4v) is 3.84. The molecular weight excluding hydrogens is 523 g/mol. The summed E-state index contributed by atoms with van der Waals surface area (Å²) >= 11 is 1.66. The molecule has 0 aliphatic rings. The number of amides is 1. The lowest BCUT2D eigenvalue weighted by atomic mass is 10.1. The molecule has 7 nitrogen and oxygen atoms in total. The number of carbonyl (C=O) groups is 1. The molecule has 4 N–H and O–H groups in total. The predicted octanol–water partition coefficient (Wildman–Crippen LogP) is 3.48. The Labute approximate surface area is 204 Å². The largest absolute Gasteiger partial charge is 0.360 e. The molecule has 1 amide bonds. The maximum Gasteiger partial charge on any atom is 0.251 e. The van der Waals surface area contributed by atoms with Crippen LogP contribution in [0.4, 0.5) is 5.13 Å². The van der Waals surface area contributed by atoms with Crippen molar-refractivity contribution in [3.8, 4) is 0 Å². The Morgan fingerprint density at radius 3 is 2.71 bits per heavy atom. The van der Waals surface area contributed by atoms with Gasteiger partial charge in [-0.05, 0) is 43.2 Å². The zero-order valence-electron chi connectivity index (χ0n) is 17.8. The summed E-state index contributed by atoms with van der Waals surface area (Å²) in [6.07, 6.45) is 0.769. The van der Waals surface area contributed by atoms with Gasteiger partial charge in [-0.1, -0.05) is 35.6 Å². The molecule has 1 heterocycles. The molecule has 3 aromatic rings. The summed E-state index contributed by atoms with van der Waals surface area (Å²) < 4.78 is 1.18. The topological polar surface area (TPSA) is 90.4 Å². The van der Waals surface area contributed by atoms with E-state index in [9.17, 15) is 4.79 Å². The fourth-order valence-electron chi connectivity index (χ4n) is 2.95. The third-order valence-corrected chi connectivity index (χ3v) is 5.41. The highest BCUT2D eigenvalue weighted by Gasteiger charge is 2.04. The highest BCUT2D eigenvalue weighted by Crippen LogP contribution is 2.24. The number of benzene rings is 2. The number of para-hydroxylation sites is 1. The molecule has 3 rings (SSSR count). The molecule has 166 valence electrons. The predicted molar refractivity (Wildman–Crippen MR) is 141 cm³/mol. The van der Waals surface area contributed by atoms with Gasteiger partial charge in [0.25, 0.3) is 5.91 Å². The van der Waals surface area contributed by atoms with E-state index in [0.717, 1.165) is 48.2 Å². The first-order valence-corrected chi connectivity index (χ1v) is 10.9. The number of aliphatic imine (C=N–C) groups is 1. The second kappa shape index (κ2) is 13.1. The minimum absolute atomic E-state index is 0. The summed E-state index contributed by atoms with van der Waals surface area (Å²) in [5, 5.41) is 13.5. The Balaban J connectivity index is 0.00000341. The molecule has 31 heavy (non-hydrogen) atoms. The number of fused-ring (bicyclic) bond motifs is 1. The molecular formula is C22H29IN6OS. The third-order valence-electron chi connectivity index (χ3n) is 4.42. The first-order valence-electron chi connectivity index (χ1n) is 10.1. The van der Waals surface area contributed by atoms with Crippen molar-refractivity contribution in [2.75, 3.05) is 38.5 Å². The minimum Gasteiger partial charge on any atom is -0.360 e. The van der Waals surface area contributed by atoms with Crippen molar-refractivity contribution in [2.24, 2.45) is 4.99 Å². The first kappa shape index (κ1) is 24.9. The lowest BCUT2D eigenvalue weighted by Crippen LogP contribution is -2.39. The van der Waals surface area contributed by atoms with E-state index in [0.29, 0.717) is 12.1 Å². The van der Waals surface area contributed by atoms with Gasteiger partial charge >= 0.3 is 0 Å². The van der Waals surface area contributed by atoms with E-state index >= 15 is 0 Å². The molecule has 0 atom stereocenters. The van der Waals surface area contributed by atoms with Crippen LogP contribution in [0.15, 0.2) is 53.5 Å². The smallest absolute Gasteiger partial charge is 0.251 e. The normalized spacial score (nSPS) is 11.0. The molecule has 9 heteroatoms. The van der Waals surface area contributed by atoms with Gasteiger partial charge in [-0.3, -0.25) is 9.79 Å². The number of hydrogen-bond donors (Lipinski definition) is 4. The van der Waals surface area contributed by atoms with Crippen molar-refractivity contribution in [2.45, 2.75) is 13.3 Å². The van der Waals surface area contributed by atoms with Crippen LogP contribution in [0.25, 0.3) is 10.2 Å². The molecule has 0 bridgehead atoms. The van der Waals surface area contributed by atoms with E-state index in [1.54, 1.807) is 18.4 Å². The van der Waals surface area contributed by atoms with Gasteiger partial charge in [0.15, 0.2) is 11.1 Å². The van der Waals surface area contributed by atoms with Crippen LogP contribution < -0.4 is 21.3 Å². The Hall–Kier alpha value is -2.40. The summed E-state index contributed by atoms with van der Waals surface area (Å²) in [5.41, 5.74) is 2.78. The standard InChI is InChI=1S/C22H28N6OS.HI/c1-3-24-21(25-12-11-16-7-6-8-17(15-16)20(29)23-2)26-13-14-27-22-28-18-9-4-5-10-19(18)30-22;/h4-10,15H,3,11-14H2,1-2H3,(H,23,29)(H,27,28)(H2,24,25,26);1H. The van der Waals surface area contributed by atoms with Gasteiger partial charge in [-0.15, -0.1) is 24.0 Å². The summed E-state index contributed by atoms with van der Waals surface area (Å²) in [6.45, 7) is 4.96. The molecule has 0 spiro atoms. The Morgan fingerprint density at radius 2 is 1.94 bits per heavy atom. The zero-order chi connectivity index (χ0) is 21.2. The number of rotatable bonds is 9. The van der Waals surface area contributed by atoms with E-state index in [1.165, 1.54) is 4.70 Å². The van der Waals surface area contributed by atoms with E-state index in [-0.39, 0.29) is 29.9 Å². The molecule has 0 aliphatic carbocycles. The number of carbonyl (C=O) groups excluding carboxylic acids is 1. The van der Waals surface area contributed by atoms with Gasteiger partial charge in [-0.2, -0.15) is 0 Å². The molecule has 0 aliphatic heterocycles. The molecule has 0 saturated heterocycles. The quantitative estimate of drug-likeness (QED) is 0.141. The van der Waals surface area contributed by atoms with Gasteiger partial charge < -0.3 is 21.3 Å². The van der Waals surface area contributed by atoms with Gasteiger partial charge in [0.05, 0.1) is 10.2 Å². The van der Waals surface area contributed by atoms with Crippen LogP contribution >= 0.6 is 35.3 Å². The Morgan fingerprint density at radius 1 is 1.10 bits per heavy atom. The van der Waals surface area contributed by atoms with Crippen LogP contribution in [-0.4, -0.2) is 50.1 Å². The number of nitrogens with zero attached hydrogens (tertiary/aromatic N) is 2. The van der Waals surface area contributed by atoms with Gasteiger partial charge in [-0.25, -0.2) is 4.98 Å². The Kier molecular flexibility index (Phi) is 10.5. The van der Waals surface area contributed by atoms with Gasteiger partial charge in [0.2, 0.25) is 0 Å². The van der Waals surface area contributed by atoms with E-state index < -0.39 is 0 Å². The lowest BCUT2D eigenvalue weighted by Gasteiger charge is -2.11. The van der Waals surface area contributed by atoms with E-state index in [4.69, 9.17) is 0 Å². The number of hydrogen-bond acceptors (Lipinski definition) is 5. The molecule has 0 unspecified atom stereocenters. The number of guanidine groups is 1. The average Bonchev–Trinajstić information content (AvgIpc) is 3.19. The van der Waals surface area contributed by atoms with Crippen molar-refractivity contribution in [3.05, 3.63) is 59.7 Å². The lowest BCUT2D eigenvalue weighted by molar-refractivity contribution is 0.0963. The SMILES string of the molecule is CCNC(=NCCc1cccc(C(=O)NC)c1)NCCNc1nc2ccccc2s1.I. The van der Waals surface area contributed by atoms with Crippen molar-refractivity contribution < 1.29 is 4.79 Å². The summed E-state index contributed by atoms with van der Waals surface area (Å²) in [4.78, 5) is 21.0. The van der Waals surface area contributed by atoms with E-state index in [1.807, 2.05) is 49.4 Å². The van der Waals surface area contributed by atoms with Crippen molar-refractivity contribution in [1.82, 2.24) is 20.9 Å². The van der Waals surface area contributed by atoms with Crippen molar-refractivity contribution in [1.29, 1.82) is 0 Å². The van der Waals surface area contributed by atoms with Crippen LogP contribution in [0, 0.1) is 0 Å². The van der Waals surface area contributed by atoms with Crippen LogP contribution in [-0.2, 0) is 6.42 Å². The third kappa shape index (κ3) is 7.66. The van der Waals surface area contributed by atoms with E-state index in [2.05, 4.69) is 37.3 Å². The van der Waals surface area contributed by atoms with Crippen LogP contribution in [0.3, 0.4) is 0 Å². The van der Waals surface area contributed by atoms with Crippen molar-refractivity contribution in [3.63, 3.8) is 0 Å². The van der Waals surface area contributed by atoms with Gasteiger partial charge in [0, 0.05) is 38.8 Å². The first-order chi connectivity index (χ1) is 14.7. The highest BCUT2D eigenvalue weighted by molar-refractivity contribution is 14.0. The molecule has 0 radical (unpaired) electrons. The Bertz CT molecular complexity index is 973. The summed E-state index contributed by atoms with van der Waals surface area (Å²) in [6, 6.07) is 15.8. The molecule has 0 saturated carbocycles. The highest BCUT2D eigenvalue weighted by atomic mass is 127. The van der Waals surface area contributed by atoms with Crippen molar-refractivity contribution >= 4 is 62.5 Å². The molecule has 0 fully saturated rings. The average molecular weight is 552 g/mol. The summed E-state index contributed by atoms with van der Waals surface area (Å²) in [7, 11) is 1.64. The number of halogens is 1. The second-order valence-electron chi connectivity index (χ2n) is 6.63.